The van der Waals surface area contributed by atoms with Gasteiger partial charge in [-0.2, -0.15) is 0 Å². The molecule has 0 aromatic carbocycles. The summed E-state index contributed by atoms with van der Waals surface area (Å²) in [5.41, 5.74) is 0. The summed E-state index contributed by atoms with van der Waals surface area (Å²) >= 11 is 9.53. The van der Waals surface area contributed by atoms with Crippen LogP contribution in [0, 0.1) is 0 Å². The molecule has 76 valence electrons. The Bertz CT molecular complexity index is 95.0. The first kappa shape index (κ1) is 15.4. The maximum absolute atomic E-state index is 4.76. The molecule has 0 atom stereocenters. The van der Waals surface area contributed by atoms with E-state index in [1.165, 1.54) is 0 Å². The monoisotopic (exact) mass is 245 g/mol. The van der Waals surface area contributed by atoms with E-state index >= 15 is 0 Å². The van der Waals surface area contributed by atoms with Crippen LogP contribution < -0.4 is 4.65 Å². The molecule has 0 saturated carbocycles. The standard InChI is InChI=1S/C6H19NSi2.CH2Cl2/c1-8(2,3)7-9(4,5)6;2-1-3/h7H,1-6H3;1H2. The van der Waals surface area contributed by atoms with Gasteiger partial charge >= 0.3 is 0 Å². The predicted molar refractivity (Wildman–Crippen MR) is 66.4 cm³/mol. The molecule has 0 spiro atoms. The average Bonchev–Trinajstić information content (AvgIpc) is 1.53. The van der Waals surface area contributed by atoms with Crippen molar-refractivity contribution < 1.29 is 0 Å². The molecule has 0 aromatic heterocycles. The number of rotatable bonds is 2. The number of alkyl halides is 2. The maximum Gasteiger partial charge on any atom is 0.109 e. The molecule has 5 heteroatoms. The fourth-order valence-corrected chi connectivity index (χ4v) is 10.1. The highest BCUT2D eigenvalue weighted by Gasteiger charge is 2.22. The van der Waals surface area contributed by atoms with Crippen LogP contribution in [0.2, 0.25) is 39.3 Å². The van der Waals surface area contributed by atoms with Crippen LogP contribution in [0.5, 0.6) is 0 Å². The normalized spacial score (nSPS) is 12.0. The minimum Gasteiger partial charge on any atom is -0.360 e. The van der Waals surface area contributed by atoms with Gasteiger partial charge in [-0.1, -0.05) is 39.3 Å². The van der Waals surface area contributed by atoms with E-state index in [2.05, 4.69) is 43.9 Å². The number of hydrogen-bond acceptors (Lipinski definition) is 1. The summed E-state index contributed by atoms with van der Waals surface area (Å²) in [4.78, 5) is 0. The minimum atomic E-state index is -0.981. The van der Waals surface area contributed by atoms with Crippen molar-refractivity contribution in [1.29, 1.82) is 0 Å². The van der Waals surface area contributed by atoms with Gasteiger partial charge in [-0.3, -0.25) is 0 Å². The molecule has 0 aromatic rings. The molecule has 0 heterocycles. The second kappa shape index (κ2) is 6.43. The van der Waals surface area contributed by atoms with Crippen molar-refractivity contribution in [1.82, 2.24) is 4.65 Å². The van der Waals surface area contributed by atoms with Gasteiger partial charge in [-0.15, -0.1) is 23.2 Å². The molecule has 12 heavy (non-hydrogen) atoms. The molecule has 0 aliphatic heterocycles. The first-order chi connectivity index (χ1) is 5.12. The lowest BCUT2D eigenvalue weighted by molar-refractivity contribution is 1.30. The van der Waals surface area contributed by atoms with Crippen molar-refractivity contribution in [3.05, 3.63) is 0 Å². The molecule has 0 bridgehead atoms. The predicted octanol–water partition coefficient (Wildman–Crippen LogP) is 3.67. The second-order valence-corrected chi connectivity index (χ2v) is 15.5. The molecule has 0 saturated heterocycles. The van der Waals surface area contributed by atoms with Gasteiger partial charge in [0.2, 0.25) is 0 Å². The Morgan fingerprint density at radius 1 is 0.833 bits per heavy atom. The van der Waals surface area contributed by atoms with E-state index < -0.39 is 16.5 Å². The average molecular weight is 246 g/mol. The van der Waals surface area contributed by atoms with E-state index in [0.717, 1.165) is 0 Å². The van der Waals surface area contributed by atoms with Crippen molar-refractivity contribution in [2.45, 2.75) is 39.3 Å². The van der Waals surface area contributed by atoms with Crippen LogP contribution >= 0.6 is 23.2 Å². The van der Waals surface area contributed by atoms with Crippen LogP contribution in [0.3, 0.4) is 0 Å². The largest absolute Gasteiger partial charge is 0.360 e. The third-order valence-electron chi connectivity index (χ3n) is 0.750. The molecule has 0 fully saturated rings. The summed E-state index contributed by atoms with van der Waals surface area (Å²) in [6.07, 6.45) is 0. The molecule has 1 N–H and O–H groups in total. The van der Waals surface area contributed by atoms with Crippen molar-refractivity contribution in [2.24, 2.45) is 0 Å². The lowest BCUT2D eigenvalue weighted by Gasteiger charge is -2.28. The van der Waals surface area contributed by atoms with Gasteiger partial charge < -0.3 is 4.65 Å². The molecule has 0 amide bonds. The van der Waals surface area contributed by atoms with Crippen LogP contribution in [0.1, 0.15) is 0 Å². The number of nitrogens with one attached hydrogen (secondary N) is 1. The van der Waals surface area contributed by atoms with E-state index in [0.29, 0.717) is 0 Å². The Labute approximate surface area is 89.0 Å². The van der Waals surface area contributed by atoms with Crippen LogP contribution in [0.4, 0.5) is 0 Å². The lowest BCUT2D eigenvalue weighted by Crippen LogP contribution is -2.55. The Morgan fingerprint density at radius 3 is 1.00 bits per heavy atom. The number of halogens is 2. The van der Waals surface area contributed by atoms with Crippen molar-refractivity contribution in [3.8, 4) is 0 Å². The molecule has 0 aliphatic rings. The highest BCUT2D eigenvalue weighted by molar-refractivity contribution is 6.90. The number of hydrogen-bond donors (Lipinski definition) is 1. The summed E-state index contributed by atoms with van der Waals surface area (Å²) in [5.74, 6) is 0. The van der Waals surface area contributed by atoms with Crippen LogP contribution in [-0.4, -0.2) is 21.8 Å². The van der Waals surface area contributed by atoms with Gasteiger partial charge in [0.05, 0.1) is 5.34 Å². The Balaban J connectivity index is 0. The highest BCUT2D eigenvalue weighted by Crippen LogP contribution is 2.02. The summed E-state index contributed by atoms with van der Waals surface area (Å²) in [6.45, 7) is 14.1. The Hall–Kier alpha value is 0.974. The first-order valence-corrected chi connectivity index (χ1v) is 12.1. The van der Waals surface area contributed by atoms with Gasteiger partial charge in [-0.25, -0.2) is 0 Å². The third-order valence-corrected chi connectivity index (χ3v) is 6.75. The molecule has 0 radical (unpaired) electrons. The van der Waals surface area contributed by atoms with E-state index in [1.54, 1.807) is 0 Å². The van der Waals surface area contributed by atoms with Gasteiger partial charge in [0.15, 0.2) is 0 Å². The molecular weight excluding hydrogens is 225 g/mol. The van der Waals surface area contributed by atoms with Crippen LogP contribution in [0.15, 0.2) is 0 Å². The van der Waals surface area contributed by atoms with Crippen LogP contribution in [-0.2, 0) is 0 Å². The molecule has 0 rings (SSSR count). The SMILES string of the molecule is C[Si](C)(C)N[Si](C)(C)C.ClCCl. The topological polar surface area (TPSA) is 12.0 Å². The summed E-state index contributed by atoms with van der Waals surface area (Å²) < 4.78 is 3.74. The fourth-order valence-electron chi connectivity index (χ4n) is 1.12. The maximum atomic E-state index is 4.76. The van der Waals surface area contributed by atoms with Gasteiger partial charge in [0.25, 0.3) is 0 Å². The molecule has 1 nitrogen and oxygen atoms in total. The Morgan fingerprint density at radius 2 is 1.00 bits per heavy atom. The second-order valence-electron chi connectivity index (χ2n) is 4.73. The molecular formula is C7H21Cl2NSi2. The smallest absolute Gasteiger partial charge is 0.109 e. The third kappa shape index (κ3) is 22.4. The van der Waals surface area contributed by atoms with Crippen molar-refractivity contribution in [3.63, 3.8) is 0 Å². The zero-order valence-electron chi connectivity index (χ0n) is 8.96. The first-order valence-electron chi connectivity index (χ1n) is 4.03. The van der Waals surface area contributed by atoms with Crippen LogP contribution in [0.25, 0.3) is 0 Å². The zero-order chi connectivity index (χ0) is 10.4. The van der Waals surface area contributed by atoms with E-state index in [4.69, 9.17) is 23.2 Å². The molecule has 0 unspecified atom stereocenters. The van der Waals surface area contributed by atoms with E-state index in [9.17, 15) is 0 Å². The van der Waals surface area contributed by atoms with Crippen molar-refractivity contribution in [2.75, 3.05) is 5.34 Å². The minimum absolute atomic E-state index is 0.194. The summed E-state index contributed by atoms with van der Waals surface area (Å²) in [5, 5.41) is 0.194. The summed E-state index contributed by atoms with van der Waals surface area (Å²) in [6, 6.07) is 0. The van der Waals surface area contributed by atoms with Crippen molar-refractivity contribution >= 4 is 39.7 Å². The fraction of sp³-hybridized carbons (Fsp3) is 1.00. The lowest BCUT2D eigenvalue weighted by atomic mass is 11.8. The van der Waals surface area contributed by atoms with Gasteiger partial charge in [-0.05, 0) is 0 Å². The quantitative estimate of drug-likeness (QED) is 0.579. The van der Waals surface area contributed by atoms with E-state index in [1.807, 2.05) is 0 Å². The van der Waals surface area contributed by atoms with Gasteiger partial charge in [0, 0.05) is 0 Å². The highest BCUT2D eigenvalue weighted by atomic mass is 35.5. The summed E-state index contributed by atoms with van der Waals surface area (Å²) in [7, 11) is -1.96. The molecule has 0 aliphatic carbocycles. The van der Waals surface area contributed by atoms with E-state index in [-0.39, 0.29) is 5.34 Å². The zero-order valence-corrected chi connectivity index (χ0v) is 12.5. The van der Waals surface area contributed by atoms with Gasteiger partial charge in [0.1, 0.15) is 16.5 Å². The Kier molecular flexibility index (Phi) is 8.28.